The Balaban J connectivity index is 1.98. The Bertz CT molecular complexity index is 728. The van der Waals surface area contributed by atoms with Crippen LogP contribution in [0, 0.1) is 5.41 Å². The van der Waals surface area contributed by atoms with E-state index in [1.54, 1.807) is 0 Å². The molecular weight excluding hydrogens is 306 g/mol. The van der Waals surface area contributed by atoms with Gasteiger partial charge in [-0.2, -0.15) is 0 Å². The molecule has 1 fully saturated rings. The summed E-state index contributed by atoms with van der Waals surface area (Å²) in [5, 5.41) is 0. The van der Waals surface area contributed by atoms with Gasteiger partial charge in [-0.15, -0.1) is 0 Å². The lowest BCUT2D eigenvalue weighted by atomic mass is 9.77. The number of amides is 1. The molecule has 0 saturated carbocycles. The fraction of sp³-hybridized carbons (Fsp3) is 0.611. The summed E-state index contributed by atoms with van der Waals surface area (Å²) in [6, 6.07) is 0. The van der Waals surface area contributed by atoms with Gasteiger partial charge in [0.25, 0.3) is 5.56 Å². The van der Waals surface area contributed by atoms with Crippen molar-refractivity contribution in [3.63, 3.8) is 0 Å². The van der Waals surface area contributed by atoms with E-state index in [2.05, 4.69) is 36.8 Å². The second-order valence-electron chi connectivity index (χ2n) is 7.29. The van der Waals surface area contributed by atoms with Crippen LogP contribution in [0.25, 0.3) is 0 Å². The number of hydrogen-bond donors (Lipinski definition) is 2. The molecule has 0 spiro atoms. The number of carbonyl (C=O) groups is 1. The summed E-state index contributed by atoms with van der Waals surface area (Å²) in [4.78, 5) is 41.5. The fourth-order valence-electron chi connectivity index (χ4n) is 3.19. The van der Waals surface area contributed by atoms with E-state index in [0.29, 0.717) is 24.9 Å². The molecule has 24 heavy (non-hydrogen) atoms. The number of likely N-dealkylation sites (tertiary alicyclic amines) is 1. The molecule has 1 aromatic rings. The molecule has 0 aliphatic carbocycles. The number of nitrogens with zero attached hydrogens (tertiary/aromatic N) is 1. The first-order chi connectivity index (χ1) is 11.3. The summed E-state index contributed by atoms with van der Waals surface area (Å²) < 4.78 is 0. The van der Waals surface area contributed by atoms with Crippen LogP contribution in [0.1, 0.15) is 52.0 Å². The predicted octanol–water partition coefficient (Wildman–Crippen LogP) is 1.98. The first-order valence-corrected chi connectivity index (χ1v) is 8.51. The molecule has 6 heteroatoms. The lowest BCUT2D eigenvalue weighted by Crippen LogP contribution is -2.46. The Morgan fingerprint density at radius 1 is 1.33 bits per heavy atom. The molecule has 1 aromatic heterocycles. The van der Waals surface area contributed by atoms with Crippen molar-refractivity contribution in [1.82, 2.24) is 14.9 Å². The van der Waals surface area contributed by atoms with Crippen LogP contribution < -0.4 is 11.2 Å². The third-order valence-corrected chi connectivity index (χ3v) is 4.72. The molecule has 0 bridgehead atoms. The number of aromatic amines is 2. The van der Waals surface area contributed by atoms with E-state index in [9.17, 15) is 14.4 Å². The fourth-order valence-corrected chi connectivity index (χ4v) is 3.19. The van der Waals surface area contributed by atoms with E-state index in [1.807, 2.05) is 4.90 Å². The van der Waals surface area contributed by atoms with E-state index < -0.39 is 5.69 Å². The molecule has 2 rings (SSSR count). The van der Waals surface area contributed by atoms with Crippen molar-refractivity contribution in [3.8, 4) is 0 Å². The lowest BCUT2D eigenvalue weighted by molar-refractivity contribution is -0.137. The number of aromatic nitrogens is 2. The summed E-state index contributed by atoms with van der Waals surface area (Å²) in [6.07, 6.45) is 7.69. The Kier molecular flexibility index (Phi) is 5.80. The topological polar surface area (TPSA) is 86.0 Å². The highest BCUT2D eigenvalue weighted by atomic mass is 16.2. The van der Waals surface area contributed by atoms with Crippen LogP contribution in [0.3, 0.4) is 0 Å². The van der Waals surface area contributed by atoms with Gasteiger partial charge in [0.05, 0.1) is 0 Å². The summed E-state index contributed by atoms with van der Waals surface area (Å²) in [6.45, 7) is 7.66. The van der Waals surface area contributed by atoms with E-state index >= 15 is 0 Å². The maximum absolute atomic E-state index is 12.2. The average Bonchev–Trinajstić information content (AvgIpc) is 2.49. The highest BCUT2D eigenvalue weighted by molar-refractivity contribution is 5.77. The first-order valence-electron chi connectivity index (χ1n) is 8.51. The lowest BCUT2D eigenvalue weighted by Gasteiger charge is -2.40. The smallest absolute Gasteiger partial charge is 0.325 e. The van der Waals surface area contributed by atoms with Crippen LogP contribution in [0.2, 0.25) is 0 Å². The van der Waals surface area contributed by atoms with Crippen LogP contribution in [0.4, 0.5) is 0 Å². The quantitative estimate of drug-likeness (QED) is 0.781. The maximum atomic E-state index is 12.2. The van der Waals surface area contributed by atoms with Gasteiger partial charge in [-0.05, 0) is 44.9 Å². The number of piperidine rings is 1. The normalized spacial score (nSPS) is 21.0. The number of carbonyl (C=O) groups excluding carboxylic acids is 1. The maximum Gasteiger partial charge on any atom is 0.325 e. The summed E-state index contributed by atoms with van der Waals surface area (Å²) in [7, 11) is 0. The molecule has 0 aromatic carbocycles. The second kappa shape index (κ2) is 7.64. The van der Waals surface area contributed by atoms with Gasteiger partial charge in [-0.25, -0.2) is 4.79 Å². The van der Waals surface area contributed by atoms with Crippen molar-refractivity contribution in [2.45, 2.75) is 52.9 Å². The van der Waals surface area contributed by atoms with Crippen molar-refractivity contribution in [2.24, 2.45) is 5.41 Å². The van der Waals surface area contributed by atoms with Crippen molar-refractivity contribution < 1.29 is 4.79 Å². The highest BCUT2D eigenvalue weighted by Crippen LogP contribution is 2.34. The molecule has 1 atom stereocenters. The molecule has 1 aliphatic rings. The predicted molar refractivity (Wildman–Crippen MR) is 94.0 cm³/mol. The zero-order chi connectivity index (χ0) is 17.7. The minimum Gasteiger partial charge on any atom is -0.342 e. The van der Waals surface area contributed by atoms with Gasteiger partial charge in [0.1, 0.15) is 0 Å². The first kappa shape index (κ1) is 18.2. The Labute approximate surface area is 142 Å². The number of allylic oxidation sites excluding steroid dienone is 2. The molecule has 1 amide bonds. The van der Waals surface area contributed by atoms with Crippen molar-refractivity contribution in [3.05, 3.63) is 44.2 Å². The highest BCUT2D eigenvalue weighted by Gasteiger charge is 2.34. The number of nitrogens with one attached hydrogen (secondary N) is 2. The number of hydrogen-bond acceptors (Lipinski definition) is 3. The van der Waals surface area contributed by atoms with Gasteiger partial charge in [-0.1, -0.05) is 18.6 Å². The molecule has 132 valence electrons. The van der Waals surface area contributed by atoms with Crippen LogP contribution in [0.5, 0.6) is 0 Å². The second-order valence-corrected chi connectivity index (χ2v) is 7.29. The van der Waals surface area contributed by atoms with E-state index in [4.69, 9.17) is 0 Å². The minimum atomic E-state index is -0.510. The van der Waals surface area contributed by atoms with Gasteiger partial charge >= 0.3 is 5.69 Å². The summed E-state index contributed by atoms with van der Waals surface area (Å²) >= 11 is 0. The molecule has 1 saturated heterocycles. The van der Waals surface area contributed by atoms with E-state index in [-0.39, 0.29) is 16.9 Å². The average molecular weight is 333 g/mol. The van der Waals surface area contributed by atoms with E-state index in [1.165, 1.54) is 11.8 Å². The summed E-state index contributed by atoms with van der Waals surface area (Å²) in [5.41, 5.74) is 1.05. The van der Waals surface area contributed by atoms with E-state index in [0.717, 1.165) is 25.8 Å². The largest absolute Gasteiger partial charge is 0.342 e. The number of H-pyrrole nitrogens is 2. The van der Waals surface area contributed by atoms with Crippen LogP contribution >= 0.6 is 0 Å². The zero-order valence-corrected chi connectivity index (χ0v) is 14.8. The van der Waals surface area contributed by atoms with Gasteiger partial charge in [0.2, 0.25) is 5.91 Å². The molecule has 1 aliphatic heterocycles. The minimum absolute atomic E-state index is 0.122. The molecular formula is C18H27N3O3. The standard InChI is InChI=1S/C18H27N3O3/c1-13(2)5-4-8-18(3)9-6-15(22)21(12-18)10-7-14-11-19-17(24)20-16(14)23/h5,11H,4,6-10,12H2,1-3H3,(H2,19,20,23,24)/t18-/m0/s1. The van der Waals surface area contributed by atoms with Gasteiger partial charge < -0.3 is 9.88 Å². The monoisotopic (exact) mass is 333 g/mol. The molecule has 2 heterocycles. The van der Waals surface area contributed by atoms with Crippen molar-refractivity contribution >= 4 is 5.91 Å². The molecule has 6 nitrogen and oxygen atoms in total. The molecule has 0 radical (unpaired) electrons. The molecule has 2 N–H and O–H groups in total. The number of rotatable bonds is 6. The van der Waals surface area contributed by atoms with Crippen LogP contribution in [-0.2, 0) is 11.2 Å². The van der Waals surface area contributed by atoms with Gasteiger partial charge in [-0.3, -0.25) is 14.6 Å². The third kappa shape index (κ3) is 4.94. The molecule has 0 unspecified atom stereocenters. The van der Waals surface area contributed by atoms with Crippen LogP contribution in [-0.4, -0.2) is 33.9 Å². The SMILES string of the molecule is CC(C)=CCC[C@@]1(C)CCC(=O)N(CCc2c[nH]c(=O)[nH]c2=O)C1. The van der Waals surface area contributed by atoms with Crippen molar-refractivity contribution in [2.75, 3.05) is 13.1 Å². The third-order valence-electron chi connectivity index (χ3n) is 4.72. The Morgan fingerprint density at radius 3 is 2.75 bits per heavy atom. The van der Waals surface area contributed by atoms with Gasteiger partial charge in [0, 0.05) is 31.3 Å². The Hall–Kier alpha value is -2.11. The Morgan fingerprint density at radius 2 is 2.08 bits per heavy atom. The van der Waals surface area contributed by atoms with Crippen LogP contribution in [0.15, 0.2) is 27.4 Å². The summed E-state index contributed by atoms with van der Waals surface area (Å²) in [5.74, 6) is 0.149. The van der Waals surface area contributed by atoms with Crippen molar-refractivity contribution in [1.29, 1.82) is 0 Å². The van der Waals surface area contributed by atoms with Gasteiger partial charge in [0.15, 0.2) is 0 Å². The zero-order valence-electron chi connectivity index (χ0n) is 14.8.